The van der Waals surface area contributed by atoms with Gasteiger partial charge in [-0.1, -0.05) is 0 Å². The van der Waals surface area contributed by atoms with Gasteiger partial charge in [0.2, 0.25) is 5.91 Å². The lowest BCUT2D eigenvalue weighted by atomic mass is 10.0. The fraction of sp³-hybridized carbons (Fsp3) is 0.727. The molecule has 0 aromatic carbocycles. The van der Waals surface area contributed by atoms with Gasteiger partial charge in [0.1, 0.15) is 0 Å². The normalized spacial score (nSPS) is 22.3. The summed E-state index contributed by atoms with van der Waals surface area (Å²) >= 11 is 0. The summed E-state index contributed by atoms with van der Waals surface area (Å²) in [6, 6.07) is -0.818. The summed E-state index contributed by atoms with van der Waals surface area (Å²) < 4.78 is 0. The Labute approximate surface area is 105 Å². The number of carboxylic acids is 1. The van der Waals surface area contributed by atoms with E-state index in [1.165, 1.54) is 11.8 Å². The summed E-state index contributed by atoms with van der Waals surface area (Å²) in [6.07, 6.45) is 0.561. The Hall–Kier alpha value is -1.79. The molecule has 1 fully saturated rings. The number of primary amides is 1. The number of nitrogens with one attached hydrogen (secondary N) is 1. The van der Waals surface area contributed by atoms with Crippen molar-refractivity contribution in [3.8, 4) is 0 Å². The molecule has 1 saturated heterocycles. The molecule has 7 nitrogen and oxygen atoms in total. The largest absolute Gasteiger partial charge is 0.481 e. The summed E-state index contributed by atoms with van der Waals surface area (Å²) in [6.45, 7) is 3.94. The van der Waals surface area contributed by atoms with Crippen LogP contribution in [0.5, 0.6) is 0 Å². The molecule has 0 aliphatic carbocycles. The van der Waals surface area contributed by atoms with E-state index in [1.54, 1.807) is 6.92 Å². The molecule has 0 radical (unpaired) electrons. The Kier molecular flexibility index (Phi) is 4.52. The van der Waals surface area contributed by atoms with Gasteiger partial charge in [-0.2, -0.15) is 0 Å². The smallest absolute Gasteiger partial charge is 0.317 e. The topological polar surface area (TPSA) is 113 Å². The Bertz CT molecular complexity index is 358. The Morgan fingerprint density at radius 3 is 2.44 bits per heavy atom. The molecule has 1 aliphatic heterocycles. The lowest BCUT2D eigenvalue weighted by Crippen LogP contribution is -2.46. The first-order valence-corrected chi connectivity index (χ1v) is 5.90. The minimum absolute atomic E-state index is 0.301. The minimum atomic E-state index is -0.959. The lowest BCUT2D eigenvalue weighted by molar-refractivity contribution is -0.141. The van der Waals surface area contributed by atoms with Gasteiger partial charge in [-0.15, -0.1) is 0 Å². The second-order valence-corrected chi connectivity index (χ2v) is 4.70. The van der Waals surface area contributed by atoms with E-state index in [1.807, 2.05) is 0 Å². The number of likely N-dealkylation sites (tertiary alicyclic amines) is 1. The molecule has 7 heteroatoms. The predicted octanol–water partition coefficient (Wildman–Crippen LogP) is -0.388. The minimum Gasteiger partial charge on any atom is -0.481 e. The number of amides is 3. The summed E-state index contributed by atoms with van der Waals surface area (Å²) in [5, 5.41) is 11.4. The molecule has 0 aromatic heterocycles. The van der Waals surface area contributed by atoms with E-state index in [0.29, 0.717) is 19.5 Å². The maximum absolute atomic E-state index is 11.8. The first-order chi connectivity index (χ1) is 8.32. The molecular formula is C11H19N3O4. The number of carbonyl (C=O) groups excluding carboxylic acids is 2. The van der Waals surface area contributed by atoms with Crippen LogP contribution in [0, 0.1) is 11.8 Å². The lowest BCUT2D eigenvalue weighted by Gasteiger charge is -2.22. The summed E-state index contributed by atoms with van der Waals surface area (Å²) in [4.78, 5) is 35.0. The summed E-state index contributed by atoms with van der Waals surface area (Å²) in [5.41, 5.74) is 5.17. The highest BCUT2D eigenvalue weighted by molar-refractivity contribution is 5.80. The van der Waals surface area contributed by atoms with Crippen LogP contribution in [0.2, 0.25) is 0 Å². The molecule has 3 unspecified atom stereocenters. The monoisotopic (exact) mass is 257 g/mol. The van der Waals surface area contributed by atoms with Crippen LogP contribution in [0.15, 0.2) is 0 Å². The third kappa shape index (κ3) is 3.35. The van der Waals surface area contributed by atoms with Gasteiger partial charge in [0.25, 0.3) is 0 Å². The highest BCUT2D eigenvalue weighted by atomic mass is 16.4. The third-order valence-electron chi connectivity index (χ3n) is 3.37. The van der Waals surface area contributed by atoms with Gasteiger partial charge < -0.3 is 21.1 Å². The number of hydrogen-bond donors (Lipinski definition) is 3. The van der Waals surface area contributed by atoms with Crippen LogP contribution in [0.3, 0.4) is 0 Å². The molecule has 4 N–H and O–H groups in total. The maximum atomic E-state index is 11.8. The molecule has 0 bridgehead atoms. The van der Waals surface area contributed by atoms with Crippen molar-refractivity contribution in [1.29, 1.82) is 0 Å². The zero-order valence-corrected chi connectivity index (χ0v) is 10.5. The first kappa shape index (κ1) is 14.3. The van der Waals surface area contributed by atoms with E-state index in [0.717, 1.165) is 0 Å². The molecule has 18 heavy (non-hydrogen) atoms. The van der Waals surface area contributed by atoms with Gasteiger partial charge in [0.05, 0.1) is 11.8 Å². The highest BCUT2D eigenvalue weighted by Crippen LogP contribution is 2.16. The van der Waals surface area contributed by atoms with Crippen molar-refractivity contribution < 1.29 is 19.5 Å². The quantitative estimate of drug-likeness (QED) is 0.636. The van der Waals surface area contributed by atoms with Crippen LogP contribution >= 0.6 is 0 Å². The van der Waals surface area contributed by atoms with Gasteiger partial charge in [0, 0.05) is 19.1 Å². The van der Waals surface area contributed by atoms with E-state index in [9.17, 15) is 14.4 Å². The van der Waals surface area contributed by atoms with E-state index < -0.39 is 23.8 Å². The first-order valence-electron chi connectivity index (χ1n) is 5.90. The molecule has 0 aromatic rings. The van der Waals surface area contributed by atoms with Crippen molar-refractivity contribution >= 4 is 17.9 Å². The van der Waals surface area contributed by atoms with Crippen molar-refractivity contribution in [3.05, 3.63) is 0 Å². The summed E-state index contributed by atoms with van der Waals surface area (Å²) in [5.74, 6) is -2.33. The van der Waals surface area contributed by atoms with Gasteiger partial charge >= 0.3 is 12.0 Å². The van der Waals surface area contributed by atoms with Crippen LogP contribution < -0.4 is 11.1 Å². The number of carbonyl (C=O) groups is 3. The second-order valence-electron chi connectivity index (χ2n) is 4.70. The van der Waals surface area contributed by atoms with Crippen LogP contribution in [-0.4, -0.2) is 47.0 Å². The standard InChI is InChI=1S/C11H19N3O4/c1-6(10(16)17)7(2)13-11(18)14-4-3-8(5-14)9(12)15/h6-8H,3-5H2,1-2H3,(H2,12,15)(H,13,18)(H,16,17). The van der Waals surface area contributed by atoms with Crippen molar-refractivity contribution in [2.75, 3.05) is 13.1 Å². The number of hydrogen-bond acceptors (Lipinski definition) is 3. The highest BCUT2D eigenvalue weighted by Gasteiger charge is 2.31. The van der Waals surface area contributed by atoms with Gasteiger partial charge in [0.15, 0.2) is 0 Å². The number of nitrogens with zero attached hydrogens (tertiary/aromatic N) is 1. The fourth-order valence-electron chi connectivity index (χ4n) is 1.80. The molecule has 1 rings (SSSR count). The third-order valence-corrected chi connectivity index (χ3v) is 3.37. The average Bonchev–Trinajstić information content (AvgIpc) is 2.76. The molecule has 1 aliphatic rings. The van der Waals surface area contributed by atoms with Crippen LogP contribution in [0.4, 0.5) is 4.79 Å². The van der Waals surface area contributed by atoms with Crippen LogP contribution in [-0.2, 0) is 9.59 Å². The van der Waals surface area contributed by atoms with Crippen molar-refractivity contribution in [2.24, 2.45) is 17.6 Å². The zero-order valence-electron chi connectivity index (χ0n) is 10.5. The van der Waals surface area contributed by atoms with E-state index in [-0.39, 0.29) is 11.9 Å². The molecule has 3 amide bonds. The molecule has 0 spiro atoms. The van der Waals surface area contributed by atoms with Gasteiger partial charge in [-0.3, -0.25) is 9.59 Å². The second kappa shape index (κ2) is 5.70. The van der Waals surface area contributed by atoms with Crippen molar-refractivity contribution in [1.82, 2.24) is 10.2 Å². The molecular weight excluding hydrogens is 238 g/mol. The van der Waals surface area contributed by atoms with Crippen LogP contribution in [0.25, 0.3) is 0 Å². The maximum Gasteiger partial charge on any atom is 0.317 e. The van der Waals surface area contributed by atoms with Crippen LogP contribution in [0.1, 0.15) is 20.3 Å². The predicted molar refractivity (Wildman–Crippen MR) is 63.7 cm³/mol. The number of nitrogens with two attached hydrogens (primary N) is 1. The number of urea groups is 1. The Balaban J connectivity index is 2.47. The van der Waals surface area contributed by atoms with E-state index in [4.69, 9.17) is 10.8 Å². The number of aliphatic carboxylic acids is 1. The van der Waals surface area contributed by atoms with E-state index in [2.05, 4.69) is 5.32 Å². The molecule has 3 atom stereocenters. The molecule has 0 saturated carbocycles. The SMILES string of the molecule is CC(NC(=O)N1CCC(C(N)=O)C1)C(C)C(=O)O. The van der Waals surface area contributed by atoms with Crippen molar-refractivity contribution in [2.45, 2.75) is 26.3 Å². The average molecular weight is 257 g/mol. The number of rotatable bonds is 4. The Morgan fingerprint density at radius 2 is 2.00 bits per heavy atom. The number of carboxylic acid groups (broad SMARTS) is 1. The van der Waals surface area contributed by atoms with E-state index >= 15 is 0 Å². The zero-order chi connectivity index (χ0) is 13.9. The molecule has 102 valence electrons. The van der Waals surface area contributed by atoms with Gasteiger partial charge in [-0.25, -0.2) is 4.79 Å². The molecule has 1 heterocycles. The fourth-order valence-corrected chi connectivity index (χ4v) is 1.80. The van der Waals surface area contributed by atoms with Gasteiger partial charge in [-0.05, 0) is 20.3 Å². The van der Waals surface area contributed by atoms with Crippen molar-refractivity contribution in [3.63, 3.8) is 0 Å². The Morgan fingerprint density at radius 1 is 1.39 bits per heavy atom. The summed E-state index contributed by atoms with van der Waals surface area (Å²) in [7, 11) is 0.